The number of benzene rings is 2. The van der Waals surface area contributed by atoms with Gasteiger partial charge in [-0.05, 0) is 41.4 Å². The summed E-state index contributed by atoms with van der Waals surface area (Å²) in [4.78, 5) is 16.2. The summed E-state index contributed by atoms with van der Waals surface area (Å²) in [6.45, 7) is 3.97. The van der Waals surface area contributed by atoms with E-state index in [1.807, 2.05) is 12.1 Å². The van der Waals surface area contributed by atoms with Crippen LogP contribution in [0.1, 0.15) is 17.2 Å². The van der Waals surface area contributed by atoms with Crippen molar-refractivity contribution in [1.82, 2.24) is 9.27 Å². The third-order valence-corrected chi connectivity index (χ3v) is 6.81. The quantitative estimate of drug-likeness (QED) is 0.667. The maximum Gasteiger partial charge on any atom is 0.228 e. The van der Waals surface area contributed by atoms with Crippen LogP contribution in [0.4, 0.5) is 11.5 Å². The Bertz CT molecular complexity index is 1080. The molecule has 29 heavy (non-hydrogen) atoms. The Morgan fingerprint density at radius 1 is 1.21 bits per heavy atom. The number of anilines is 2. The number of rotatable bonds is 4. The zero-order valence-corrected chi connectivity index (χ0v) is 17.3. The molecule has 5 rings (SSSR count). The number of halogens is 1. The number of aliphatic hydroxyl groups is 1. The van der Waals surface area contributed by atoms with Crippen LogP contribution in [-0.4, -0.2) is 53.0 Å². The summed E-state index contributed by atoms with van der Waals surface area (Å²) in [7, 11) is 0. The van der Waals surface area contributed by atoms with E-state index in [9.17, 15) is 9.90 Å². The normalized spacial score (nSPS) is 18.1. The molecule has 2 aliphatic rings. The van der Waals surface area contributed by atoms with E-state index in [0.29, 0.717) is 23.6 Å². The van der Waals surface area contributed by atoms with Crippen molar-refractivity contribution in [3.63, 3.8) is 0 Å². The number of aliphatic hydroxyl groups excluding tert-OH is 1. The van der Waals surface area contributed by atoms with Gasteiger partial charge in [-0.15, -0.1) is 0 Å². The van der Waals surface area contributed by atoms with Gasteiger partial charge < -0.3 is 15.3 Å². The zero-order valence-electron chi connectivity index (χ0n) is 15.8. The Hall–Kier alpha value is -2.19. The highest BCUT2D eigenvalue weighted by Gasteiger charge is 2.25. The van der Waals surface area contributed by atoms with Crippen LogP contribution in [0.15, 0.2) is 36.4 Å². The summed E-state index contributed by atoms with van der Waals surface area (Å²) in [5.41, 5.74) is 2.34. The lowest BCUT2D eigenvalue weighted by Crippen LogP contribution is -2.47. The molecule has 0 saturated carbocycles. The molecule has 1 amide bonds. The Kier molecular flexibility index (Phi) is 4.91. The lowest BCUT2D eigenvalue weighted by molar-refractivity contribution is -0.115. The summed E-state index contributed by atoms with van der Waals surface area (Å²) >= 11 is 7.91. The van der Waals surface area contributed by atoms with Gasteiger partial charge in [0.15, 0.2) is 0 Å². The first-order valence-corrected chi connectivity index (χ1v) is 10.9. The highest BCUT2D eigenvalue weighted by Crippen LogP contribution is 2.34. The van der Waals surface area contributed by atoms with Crippen LogP contribution in [0.25, 0.3) is 10.1 Å². The van der Waals surface area contributed by atoms with Crippen LogP contribution in [0.2, 0.25) is 5.02 Å². The fourth-order valence-corrected chi connectivity index (χ4v) is 5.19. The van der Waals surface area contributed by atoms with Crippen molar-refractivity contribution >= 4 is 50.6 Å². The van der Waals surface area contributed by atoms with Gasteiger partial charge in [0.2, 0.25) is 5.91 Å². The van der Waals surface area contributed by atoms with Crippen LogP contribution in [-0.2, 0) is 11.2 Å². The van der Waals surface area contributed by atoms with E-state index in [1.54, 1.807) is 6.07 Å². The molecular weight excluding hydrogens is 408 g/mol. The minimum atomic E-state index is -0.685. The van der Waals surface area contributed by atoms with Gasteiger partial charge in [-0.2, -0.15) is 4.37 Å². The molecule has 0 radical (unpaired) electrons. The average molecular weight is 429 g/mol. The molecule has 2 aliphatic heterocycles. The number of hydrogen-bond donors (Lipinski definition) is 2. The molecule has 6 nitrogen and oxygen atoms in total. The van der Waals surface area contributed by atoms with Gasteiger partial charge in [0.25, 0.3) is 0 Å². The minimum Gasteiger partial charge on any atom is -0.387 e. The Balaban J connectivity index is 1.24. The van der Waals surface area contributed by atoms with Crippen molar-refractivity contribution in [3.05, 3.63) is 52.5 Å². The highest BCUT2D eigenvalue weighted by atomic mass is 35.5. The number of fused-ring (bicyclic) bond motifs is 2. The third-order valence-electron chi connectivity index (χ3n) is 5.67. The van der Waals surface area contributed by atoms with E-state index in [2.05, 4.69) is 37.7 Å². The van der Waals surface area contributed by atoms with Gasteiger partial charge in [0.1, 0.15) is 5.82 Å². The number of nitrogens with zero attached hydrogens (tertiary/aromatic N) is 3. The molecule has 0 spiro atoms. The van der Waals surface area contributed by atoms with E-state index in [1.165, 1.54) is 21.6 Å². The number of amides is 1. The number of piperazine rings is 1. The predicted molar refractivity (Wildman–Crippen MR) is 117 cm³/mol. The predicted octanol–water partition coefficient (Wildman–Crippen LogP) is 3.30. The first-order valence-electron chi connectivity index (χ1n) is 9.70. The zero-order chi connectivity index (χ0) is 20.0. The van der Waals surface area contributed by atoms with Crippen molar-refractivity contribution in [3.8, 4) is 0 Å². The van der Waals surface area contributed by atoms with Crippen molar-refractivity contribution in [1.29, 1.82) is 0 Å². The highest BCUT2D eigenvalue weighted by molar-refractivity contribution is 7.13. The van der Waals surface area contributed by atoms with Crippen LogP contribution in [0.3, 0.4) is 0 Å². The van der Waals surface area contributed by atoms with Gasteiger partial charge in [-0.1, -0.05) is 23.7 Å². The van der Waals surface area contributed by atoms with Crippen LogP contribution < -0.4 is 10.2 Å². The molecule has 1 atom stereocenters. The third kappa shape index (κ3) is 3.59. The number of nitrogens with one attached hydrogen (secondary N) is 1. The van der Waals surface area contributed by atoms with Gasteiger partial charge in [-0.25, -0.2) is 0 Å². The molecule has 1 unspecified atom stereocenters. The van der Waals surface area contributed by atoms with Crippen molar-refractivity contribution in [2.24, 2.45) is 0 Å². The van der Waals surface area contributed by atoms with E-state index >= 15 is 0 Å². The van der Waals surface area contributed by atoms with Gasteiger partial charge >= 0.3 is 0 Å². The van der Waals surface area contributed by atoms with E-state index in [4.69, 9.17) is 11.6 Å². The Morgan fingerprint density at radius 3 is 2.83 bits per heavy atom. The summed E-state index contributed by atoms with van der Waals surface area (Å²) < 4.78 is 5.86. The van der Waals surface area contributed by atoms with E-state index in [-0.39, 0.29) is 5.91 Å². The minimum absolute atomic E-state index is 0.0339. The molecule has 1 fully saturated rings. The molecule has 1 saturated heterocycles. The van der Waals surface area contributed by atoms with Crippen LogP contribution in [0, 0.1) is 0 Å². The van der Waals surface area contributed by atoms with Crippen molar-refractivity contribution in [2.75, 3.05) is 42.9 Å². The monoisotopic (exact) mass is 428 g/mol. The second-order valence-electron chi connectivity index (χ2n) is 7.56. The average Bonchev–Trinajstić information content (AvgIpc) is 3.30. The lowest BCUT2D eigenvalue weighted by Gasteiger charge is -2.36. The second-order valence-corrected chi connectivity index (χ2v) is 8.77. The Labute approximate surface area is 177 Å². The Morgan fingerprint density at radius 2 is 2.00 bits per heavy atom. The van der Waals surface area contributed by atoms with E-state index < -0.39 is 6.10 Å². The molecule has 3 aromatic rings. The molecule has 1 aromatic heterocycles. The van der Waals surface area contributed by atoms with Gasteiger partial charge in [0, 0.05) is 54.4 Å². The maximum absolute atomic E-state index is 11.6. The van der Waals surface area contributed by atoms with Crippen LogP contribution >= 0.6 is 23.1 Å². The molecule has 2 N–H and O–H groups in total. The molecule has 0 bridgehead atoms. The van der Waals surface area contributed by atoms with Gasteiger partial charge in [0.05, 0.1) is 17.2 Å². The topological polar surface area (TPSA) is 68.7 Å². The number of carbonyl (C=O) groups is 1. The largest absolute Gasteiger partial charge is 0.387 e. The summed E-state index contributed by atoms with van der Waals surface area (Å²) in [6, 6.07) is 11.9. The summed E-state index contributed by atoms with van der Waals surface area (Å²) in [5, 5.41) is 15.3. The maximum atomic E-state index is 11.6. The fraction of sp³-hybridized carbons (Fsp3) is 0.333. The fourth-order valence-electron chi connectivity index (χ4n) is 4.11. The number of hydrogen-bond acceptors (Lipinski definition) is 6. The number of carbonyl (C=O) groups excluding carboxylic acids is 1. The standard InChI is InChI=1S/C21H21ClN4O2S/c22-16-11-17-13(10-20(28)23-17)9-15(16)18(27)12-25-5-7-26(8-6-25)21-14-3-1-2-4-19(14)29-24-21/h1-4,9,11,18,27H,5-8,10,12H2,(H,23,28). The molecule has 150 valence electrons. The van der Waals surface area contributed by atoms with E-state index in [0.717, 1.165) is 43.2 Å². The SMILES string of the molecule is O=C1Cc2cc(C(O)CN3CCN(c4nsc5ccccc45)CC3)c(Cl)cc2N1. The molecule has 0 aliphatic carbocycles. The summed E-state index contributed by atoms with van der Waals surface area (Å²) in [6.07, 6.45) is -0.345. The number of aromatic nitrogens is 1. The van der Waals surface area contributed by atoms with Crippen molar-refractivity contribution < 1.29 is 9.90 Å². The molecular formula is C21H21ClN4O2S. The van der Waals surface area contributed by atoms with Crippen LogP contribution in [0.5, 0.6) is 0 Å². The van der Waals surface area contributed by atoms with Gasteiger partial charge in [-0.3, -0.25) is 9.69 Å². The summed E-state index contributed by atoms with van der Waals surface area (Å²) in [5.74, 6) is 1.03. The second kappa shape index (κ2) is 7.57. The van der Waals surface area contributed by atoms with Crippen molar-refractivity contribution in [2.45, 2.75) is 12.5 Å². The first-order chi connectivity index (χ1) is 14.1. The lowest BCUT2D eigenvalue weighted by atomic mass is 10.0. The first kappa shape index (κ1) is 18.8. The molecule has 2 aromatic carbocycles. The smallest absolute Gasteiger partial charge is 0.228 e. The molecule has 8 heteroatoms. The molecule has 3 heterocycles. The number of β-amino-alcohol motifs (C(OH)–C–C–N with tert-alkyl or cyclic N) is 1.